The van der Waals surface area contributed by atoms with Gasteiger partial charge < -0.3 is 14.9 Å². The molecule has 5 nitrogen and oxygen atoms in total. The highest BCUT2D eigenvalue weighted by Gasteiger charge is 2.19. The van der Waals surface area contributed by atoms with Gasteiger partial charge in [-0.15, -0.1) is 24.8 Å². The lowest BCUT2D eigenvalue weighted by Crippen LogP contribution is -2.49. The second kappa shape index (κ2) is 12.1. The van der Waals surface area contributed by atoms with E-state index >= 15 is 0 Å². The number of halogens is 3. The molecular weight excluding hydrogens is 363 g/mol. The third-order valence-electron chi connectivity index (χ3n) is 3.61. The number of aliphatic hydroxyl groups excluding tert-OH is 2. The fourth-order valence-electron chi connectivity index (χ4n) is 2.41. The second-order valence-electron chi connectivity index (χ2n) is 5.28. The van der Waals surface area contributed by atoms with Gasteiger partial charge in [-0.2, -0.15) is 0 Å². The molecule has 0 radical (unpaired) electrons. The van der Waals surface area contributed by atoms with Gasteiger partial charge in [0.2, 0.25) is 0 Å². The molecular formula is C15H25Cl3N2O3. The Labute approximate surface area is 155 Å². The second-order valence-corrected chi connectivity index (χ2v) is 5.72. The maximum atomic E-state index is 10.0. The van der Waals surface area contributed by atoms with Crippen molar-refractivity contribution < 1.29 is 14.9 Å². The molecule has 0 aromatic heterocycles. The molecule has 0 bridgehead atoms. The van der Waals surface area contributed by atoms with E-state index in [1.807, 2.05) is 0 Å². The molecule has 1 aliphatic heterocycles. The monoisotopic (exact) mass is 386 g/mol. The zero-order valence-corrected chi connectivity index (χ0v) is 15.3. The van der Waals surface area contributed by atoms with Gasteiger partial charge >= 0.3 is 0 Å². The van der Waals surface area contributed by atoms with E-state index in [1.54, 1.807) is 24.3 Å². The van der Waals surface area contributed by atoms with Gasteiger partial charge in [0.25, 0.3) is 0 Å². The molecule has 1 saturated heterocycles. The van der Waals surface area contributed by atoms with E-state index in [-0.39, 0.29) is 38.0 Å². The Kier molecular flexibility index (Phi) is 12.0. The number of benzene rings is 1. The number of aliphatic hydroxyl groups is 2. The van der Waals surface area contributed by atoms with Crippen LogP contribution in [0.2, 0.25) is 5.02 Å². The number of rotatable bonds is 7. The summed E-state index contributed by atoms with van der Waals surface area (Å²) in [5, 5.41) is 19.6. The minimum absolute atomic E-state index is 0. The van der Waals surface area contributed by atoms with Crippen molar-refractivity contribution in [1.29, 1.82) is 0 Å². The van der Waals surface area contributed by atoms with Crippen LogP contribution >= 0.6 is 36.4 Å². The maximum Gasteiger partial charge on any atom is 0.119 e. The van der Waals surface area contributed by atoms with Gasteiger partial charge in [-0.1, -0.05) is 11.6 Å². The zero-order chi connectivity index (χ0) is 15.1. The summed E-state index contributed by atoms with van der Waals surface area (Å²) < 4.78 is 5.55. The average Bonchev–Trinajstić information content (AvgIpc) is 2.49. The van der Waals surface area contributed by atoms with Crippen molar-refractivity contribution in [3.05, 3.63) is 29.3 Å². The first-order valence-corrected chi connectivity index (χ1v) is 7.67. The minimum atomic E-state index is -0.509. The van der Waals surface area contributed by atoms with Crippen molar-refractivity contribution in [3.63, 3.8) is 0 Å². The molecule has 0 spiro atoms. The van der Waals surface area contributed by atoms with E-state index in [4.69, 9.17) is 21.4 Å². The first-order chi connectivity index (χ1) is 10.2. The van der Waals surface area contributed by atoms with Gasteiger partial charge in [0.05, 0.1) is 6.61 Å². The van der Waals surface area contributed by atoms with Gasteiger partial charge in [0, 0.05) is 44.3 Å². The third-order valence-corrected chi connectivity index (χ3v) is 3.86. The normalized spacial score (nSPS) is 17.0. The summed E-state index contributed by atoms with van der Waals surface area (Å²) in [4.78, 5) is 4.46. The van der Waals surface area contributed by atoms with Gasteiger partial charge in [0.1, 0.15) is 18.5 Å². The SMILES string of the molecule is Cl.Cl.OCCN1CCN(CC(O)COc2ccc(Cl)cc2)CC1. The van der Waals surface area contributed by atoms with Crippen molar-refractivity contribution in [3.8, 4) is 5.75 Å². The van der Waals surface area contributed by atoms with Crippen LogP contribution in [0.3, 0.4) is 0 Å². The standard InChI is InChI=1S/C15H23ClN2O3.2ClH/c16-13-1-3-15(4-2-13)21-12-14(20)11-18-7-5-17(6-8-18)9-10-19;;/h1-4,14,19-20H,5-12H2;2*1H. The van der Waals surface area contributed by atoms with Crippen molar-refractivity contribution in [1.82, 2.24) is 9.80 Å². The van der Waals surface area contributed by atoms with Crippen molar-refractivity contribution in [2.75, 3.05) is 52.5 Å². The number of hydrogen-bond acceptors (Lipinski definition) is 5. The Morgan fingerprint density at radius 3 is 2.17 bits per heavy atom. The summed E-state index contributed by atoms with van der Waals surface area (Å²) >= 11 is 5.81. The van der Waals surface area contributed by atoms with E-state index in [2.05, 4.69) is 9.80 Å². The molecule has 8 heteroatoms. The van der Waals surface area contributed by atoms with E-state index in [1.165, 1.54) is 0 Å². The molecule has 0 amide bonds. The average molecular weight is 388 g/mol. The third kappa shape index (κ3) is 8.40. The zero-order valence-electron chi connectivity index (χ0n) is 12.9. The van der Waals surface area contributed by atoms with Crippen LogP contribution in [-0.4, -0.2) is 78.6 Å². The largest absolute Gasteiger partial charge is 0.491 e. The summed E-state index contributed by atoms with van der Waals surface area (Å²) in [7, 11) is 0. The van der Waals surface area contributed by atoms with Crippen molar-refractivity contribution in [2.45, 2.75) is 6.10 Å². The number of hydrogen-bond donors (Lipinski definition) is 2. The summed E-state index contributed by atoms with van der Waals surface area (Å²) in [6.07, 6.45) is -0.509. The van der Waals surface area contributed by atoms with E-state index in [9.17, 15) is 5.11 Å². The summed E-state index contributed by atoms with van der Waals surface area (Å²) in [5.41, 5.74) is 0. The molecule has 1 fully saturated rings. The van der Waals surface area contributed by atoms with Crippen LogP contribution in [0, 0.1) is 0 Å². The smallest absolute Gasteiger partial charge is 0.119 e. The summed E-state index contributed by atoms with van der Waals surface area (Å²) in [6.45, 7) is 5.53. The van der Waals surface area contributed by atoms with Crippen LogP contribution in [0.25, 0.3) is 0 Å². The molecule has 23 heavy (non-hydrogen) atoms. The lowest BCUT2D eigenvalue weighted by molar-refractivity contribution is 0.0428. The number of piperazine rings is 1. The number of β-amino-alcohol motifs (C(OH)–C–C–N with tert-alkyl or cyclic N) is 2. The molecule has 1 atom stereocenters. The molecule has 0 aliphatic carbocycles. The molecule has 1 aliphatic rings. The Morgan fingerprint density at radius 2 is 1.61 bits per heavy atom. The van der Waals surface area contributed by atoms with Crippen LogP contribution in [0.1, 0.15) is 0 Å². The Balaban J connectivity index is 0.00000242. The molecule has 1 aromatic carbocycles. The van der Waals surface area contributed by atoms with Crippen molar-refractivity contribution >= 4 is 36.4 Å². The molecule has 1 heterocycles. The number of nitrogens with zero attached hydrogens (tertiary/aromatic N) is 2. The lowest BCUT2D eigenvalue weighted by atomic mass is 10.2. The Hall–Kier alpha value is -0.270. The molecule has 2 N–H and O–H groups in total. The Morgan fingerprint density at radius 1 is 1.04 bits per heavy atom. The highest BCUT2D eigenvalue weighted by Crippen LogP contribution is 2.15. The summed E-state index contributed by atoms with van der Waals surface area (Å²) in [6, 6.07) is 7.12. The molecule has 1 unspecified atom stereocenters. The highest BCUT2D eigenvalue weighted by atomic mass is 35.5. The Bertz CT molecular complexity index is 415. The van der Waals surface area contributed by atoms with E-state index in [0.29, 0.717) is 17.3 Å². The van der Waals surface area contributed by atoms with Crippen LogP contribution in [0.5, 0.6) is 5.75 Å². The quantitative estimate of drug-likeness (QED) is 0.743. The van der Waals surface area contributed by atoms with E-state index in [0.717, 1.165) is 32.7 Å². The van der Waals surface area contributed by atoms with Crippen LogP contribution in [-0.2, 0) is 0 Å². The van der Waals surface area contributed by atoms with Crippen molar-refractivity contribution in [2.24, 2.45) is 0 Å². The lowest BCUT2D eigenvalue weighted by Gasteiger charge is -2.35. The fourth-order valence-corrected chi connectivity index (χ4v) is 2.54. The van der Waals surface area contributed by atoms with Gasteiger partial charge in [0.15, 0.2) is 0 Å². The summed E-state index contributed by atoms with van der Waals surface area (Å²) in [5.74, 6) is 0.714. The first-order valence-electron chi connectivity index (χ1n) is 7.29. The van der Waals surface area contributed by atoms with Gasteiger partial charge in [-0.05, 0) is 24.3 Å². The molecule has 1 aromatic rings. The van der Waals surface area contributed by atoms with Crippen LogP contribution in [0.15, 0.2) is 24.3 Å². The van der Waals surface area contributed by atoms with Gasteiger partial charge in [-0.25, -0.2) is 0 Å². The minimum Gasteiger partial charge on any atom is -0.491 e. The number of ether oxygens (including phenoxy) is 1. The maximum absolute atomic E-state index is 10.0. The van der Waals surface area contributed by atoms with E-state index < -0.39 is 6.10 Å². The first kappa shape index (κ1) is 22.7. The highest BCUT2D eigenvalue weighted by molar-refractivity contribution is 6.30. The molecule has 0 saturated carbocycles. The fraction of sp³-hybridized carbons (Fsp3) is 0.600. The molecule has 2 rings (SSSR count). The van der Waals surface area contributed by atoms with Crippen LogP contribution < -0.4 is 4.74 Å². The van der Waals surface area contributed by atoms with Crippen LogP contribution in [0.4, 0.5) is 0 Å². The predicted octanol–water partition coefficient (Wildman–Crippen LogP) is 1.53. The van der Waals surface area contributed by atoms with Gasteiger partial charge in [-0.3, -0.25) is 9.80 Å². The predicted molar refractivity (Wildman–Crippen MR) is 97.4 cm³/mol. The topological polar surface area (TPSA) is 56.2 Å². The molecule has 134 valence electrons.